The molecule has 0 aliphatic heterocycles. The molecule has 5 heteroatoms. The minimum Gasteiger partial charge on any atom is -0.396 e. The molecular weight excluding hydrogens is 204 g/mol. The Morgan fingerprint density at radius 1 is 1.38 bits per heavy atom. The van der Waals surface area contributed by atoms with Crippen LogP contribution in [0.1, 0.15) is 49.9 Å². The van der Waals surface area contributed by atoms with Crippen molar-refractivity contribution in [3.8, 4) is 0 Å². The summed E-state index contributed by atoms with van der Waals surface area (Å²) in [5.41, 5.74) is 6.25. The van der Waals surface area contributed by atoms with Crippen LogP contribution in [-0.4, -0.2) is 21.9 Å². The summed E-state index contributed by atoms with van der Waals surface area (Å²) in [5.74, 6) is 0.547. The highest BCUT2D eigenvalue weighted by atomic mass is 16.1. The molecule has 3 N–H and O–H groups in total. The Kier molecular flexibility index (Phi) is 3.82. The van der Waals surface area contributed by atoms with Crippen molar-refractivity contribution in [3.63, 3.8) is 0 Å². The fourth-order valence-corrected chi connectivity index (χ4v) is 1.20. The van der Waals surface area contributed by atoms with Gasteiger partial charge in [0.15, 0.2) is 5.69 Å². The van der Waals surface area contributed by atoms with Crippen LogP contribution in [0.15, 0.2) is 6.20 Å². The molecule has 88 valence electrons. The van der Waals surface area contributed by atoms with Gasteiger partial charge in [-0.3, -0.25) is 4.79 Å². The van der Waals surface area contributed by atoms with Crippen LogP contribution in [0.5, 0.6) is 0 Å². The van der Waals surface area contributed by atoms with Gasteiger partial charge in [-0.25, -0.2) is 9.97 Å². The Morgan fingerprint density at radius 3 is 2.50 bits per heavy atom. The standard InChI is InChI=1S/C11H18N4O/c1-6(2)10-13-5-8(12)9(15-10)11(16)14-7(3)4/h5-7H,12H2,1-4H3,(H,14,16). The van der Waals surface area contributed by atoms with Crippen LogP contribution in [0.2, 0.25) is 0 Å². The van der Waals surface area contributed by atoms with E-state index < -0.39 is 0 Å². The van der Waals surface area contributed by atoms with Crippen LogP contribution in [-0.2, 0) is 0 Å². The number of carbonyl (C=O) groups is 1. The topological polar surface area (TPSA) is 80.9 Å². The number of nitrogens with one attached hydrogen (secondary N) is 1. The van der Waals surface area contributed by atoms with Crippen molar-refractivity contribution in [1.82, 2.24) is 15.3 Å². The quantitative estimate of drug-likeness (QED) is 0.808. The van der Waals surface area contributed by atoms with E-state index >= 15 is 0 Å². The minimum absolute atomic E-state index is 0.0596. The molecule has 1 amide bonds. The number of carbonyl (C=O) groups excluding carboxylic acids is 1. The maximum atomic E-state index is 11.8. The van der Waals surface area contributed by atoms with Crippen LogP contribution in [0.3, 0.4) is 0 Å². The molecule has 0 radical (unpaired) electrons. The Bertz CT molecular complexity index is 388. The SMILES string of the molecule is CC(C)NC(=O)c1nc(C(C)C)ncc1N. The van der Waals surface area contributed by atoms with E-state index in [9.17, 15) is 4.79 Å². The lowest BCUT2D eigenvalue weighted by Gasteiger charge is -2.11. The first-order valence-corrected chi connectivity index (χ1v) is 5.35. The summed E-state index contributed by atoms with van der Waals surface area (Å²) in [7, 11) is 0. The van der Waals surface area contributed by atoms with E-state index in [-0.39, 0.29) is 23.6 Å². The lowest BCUT2D eigenvalue weighted by molar-refractivity contribution is 0.0938. The van der Waals surface area contributed by atoms with Gasteiger partial charge in [0.25, 0.3) is 5.91 Å². The normalized spacial score (nSPS) is 10.9. The first-order valence-electron chi connectivity index (χ1n) is 5.35. The van der Waals surface area contributed by atoms with Gasteiger partial charge in [-0.1, -0.05) is 13.8 Å². The zero-order valence-electron chi connectivity index (χ0n) is 10.1. The van der Waals surface area contributed by atoms with Gasteiger partial charge in [0.05, 0.1) is 11.9 Å². The second-order valence-electron chi connectivity index (χ2n) is 4.32. The van der Waals surface area contributed by atoms with Gasteiger partial charge >= 0.3 is 0 Å². The van der Waals surface area contributed by atoms with Crippen molar-refractivity contribution >= 4 is 11.6 Å². The highest BCUT2D eigenvalue weighted by Crippen LogP contribution is 2.13. The molecule has 0 unspecified atom stereocenters. The zero-order valence-corrected chi connectivity index (χ0v) is 10.1. The third-order valence-electron chi connectivity index (χ3n) is 1.99. The van der Waals surface area contributed by atoms with E-state index in [1.165, 1.54) is 6.20 Å². The van der Waals surface area contributed by atoms with Crippen molar-refractivity contribution in [2.75, 3.05) is 5.73 Å². The molecule has 0 aliphatic carbocycles. The molecule has 0 aliphatic rings. The number of nitrogens with zero attached hydrogens (tertiary/aromatic N) is 2. The van der Waals surface area contributed by atoms with Crippen molar-refractivity contribution < 1.29 is 4.79 Å². The zero-order chi connectivity index (χ0) is 12.3. The molecular formula is C11H18N4O. The summed E-state index contributed by atoms with van der Waals surface area (Å²) in [6, 6.07) is 0.0596. The van der Waals surface area contributed by atoms with Gasteiger partial charge in [-0.05, 0) is 13.8 Å². The molecule has 0 fully saturated rings. The molecule has 1 aromatic rings. The predicted molar refractivity (Wildman–Crippen MR) is 63.1 cm³/mol. The first kappa shape index (κ1) is 12.4. The molecule has 16 heavy (non-hydrogen) atoms. The highest BCUT2D eigenvalue weighted by molar-refractivity contribution is 5.97. The van der Waals surface area contributed by atoms with E-state index in [1.807, 2.05) is 27.7 Å². The van der Waals surface area contributed by atoms with E-state index in [0.717, 1.165) is 0 Å². The summed E-state index contributed by atoms with van der Waals surface area (Å²) in [5, 5.41) is 2.76. The summed E-state index contributed by atoms with van der Waals surface area (Å²) >= 11 is 0. The molecule has 5 nitrogen and oxygen atoms in total. The van der Waals surface area contributed by atoms with Crippen LogP contribution < -0.4 is 11.1 Å². The van der Waals surface area contributed by atoms with Crippen molar-refractivity contribution in [2.24, 2.45) is 0 Å². The monoisotopic (exact) mass is 222 g/mol. The number of amides is 1. The average molecular weight is 222 g/mol. The third kappa shape index (κ3) is 2.92. The van der Waals surface area contributed by atoms with E-state index in [2.05, 4.69) is 15.3 Å². The van der Waals surface area contributed by atoms with Gasteiger partial charge in [0, 0.05) is 12.0 Å². The van der Waals surface area contributed by atoms with E-state index in [1.54, 1.807) is 0 Å². The largest absolute Gasteiger partial charge is 0.396 e. The van der Waals surface area contributed by atoms with Gasteiger partial charge in [-0.15, -0.1) is 0 Å². The molecule has 0 aromatic carbocycles. The molecule has 1 aromatic heterocycles. The Labute approximate surface area is 95.5 Å². The van der Waals surface area contributed by atoms with Crippen LogP contribution in [0.25, 0.3) is 0 Å². The fourth-order valence-electron chi connectivity index (χ4n) is 1.20. The molecule has 0 saturated heterocycles. The molecule has 0 saturated carbocycles. The Balaban J connectivity index is 3.02. The smallest absolute Gasteiger partial charge is 0.272 e. The van der Waals surface area contributed by atoms with Crippen molar-refractivity contribution in [3.05, 3.63) is 17.7 Å². The lowest BCUT2D eigenvalue weighted by atomic mass is 10.2. The number of nitrogens with two attached hydrogens (primary N) is 1. The summed E-state index contributed by atoms with van der Waals surface area (Å²) < 4.78 is 0. The van der Waals surface area contributed by atoms with Crippen LogP contribution >= 0.6 is 0 Å². The number of hydrogen-bond donors (Lipinski definition) is 2. The molecule has 0 atom stereocenters. The molecule has 0 bridgehead atoms. The number of hydrogen-bond acceptors (Lipinski definition) is 4. The summed E-state index contributed by atoms with van der Waals surface area (Å²) in [4.78, 5) is 20.0. The lowest BCUT2D eigenvalue weighted by Crippen LogP contribution is -2.31. The van der Waals surface area contributed by atoms with Crippen LogP contribution in [0.4, 0.5) is 5.69 Å². The number of anilines is 1. The van der Waals surface area contributed by atoms with Gasteiger partial charge in [0.1, 0.15) is 5.82 Å². The van der Waals surface area contributed by atoms with Crippen LogP contribution in [0, 0.1) is 0 Å². The van der Waals surface area contributed by atoms with Gasteiger partial charge in [-0.2, -0.15) is 0 Å². The second kappa shape index (κ2) is 4.92. The molecule has 0 spiro atoms. The third-order valence-corrected chi connectivity index (χ3v) is 1.99. The van der Waals surface area contributed by atoms with Crippen molar-refractivity contribution in [1.29, 1.82) is 0 Å². The average Bonchev–Trinajstić information content (AvgIpc) is 2.16. The van der Waals surface area contributed by atoms with Gasteiger partial charge in [0.2, 0.25) is 0 Å². The Hall–Kier alpha value is -1.65. The fraction of sp³-hybridized carbons (Fsp3) is 0.545. The maximum Gasteiger partial charge on any atom is 0.272 e. The molecule has 1 heterocycles. The Morgan fingerprint density at radius 2 is 2.00 bits per heavy atom. The highest BCUT2D eigenvalue weighted by Gasteiger charge is 2.15. The van der Waals surface area contributed by atoms with E-state index in [0.29, 0.717) is 11.5 Å². The maximum absolute atomic E-state index is 11.8. The predicted octanol–water partition coefficient (Wildman–Crippen LogP) is 1.32. The van der Waals surface area contributed by atoms with Crippen molar-refractivity contribution in [2.45, 2.75) is 39.7 Å². The minimum atomic E-state index is -0.253. The number of rotatable bonds is 3. The number of nitrogen functional groups attached to an aromatic ring is 1. The second-order valence-corrected chi connectivity index (χ2v) is 4.32. The van der Waals surface area contributed by atoms with E-state index in [4.69, 9.17) is 5.73 Å². The van der Waals surface area contributed by atoms with Gasteiger partial charge < -0.3 is 11.1 Å². The molecule has 1 rings (SSSR count). The first-order chi connectivity index (χ1) is 7.41. The summed E-state index contributed by atoms with van der Waals surface area (Å²) in [6.45, 7) is 7.71. The number of aromatic nitrogens is 2. The summed E-state index contributed by atoms with van der Waals surface area (Å²) in [6.07, 6.45) is 1.48.